The molecule has 1 aromatic carbocycles. The molecule has 0 saturated carbocycles. The summed E-state index contributed by atoms with van der Waals surface area (Å²) in [6, 6.07) is 11.4. The Bertz CT molecular complexity index is 557. The minimum Gasteiger partial charge on any atom is -0.354 e. The smallest absolute Gasteiger partial charge is 0.194 e. The van der Waals surface area contributed by atoms with Gasteiger partial charge in [0.25, 0.3) is 0 Å². The quantitative estimate of drug-likeness (QED) is 0.836. The average Bonchev–Trinajstić information content (AvgIpc) is 2.80. The summed E-state index contributed by atoms with van der Waals surface area (Å²) in [5.74, 6) is 0.0625. The lowest BCUT2D eigenvalue weighted by molar-refractivity contribution is 0.103. The standard InChI is InChI=1S/C16H20N2O/c1-3-14(17)10-15-9-13(11-18(15)2)16(19)12-7-5-4-6-8-12/h4-9,11,14H,3,10,17H2,1-2H3. The van der Waals surface area contributed by atoms with Crippen molar-refractivity contribution < 1.29 is 4.79 Å². The van der Waals surface area contributed by atoms with Crippen LogP contribution in [0.3, 0.4) is 0 Å². The van der Waals surface area contributed by atoms with E-state index in [2.05, 4.69) is 6.92 Å². The van der Waals surface area contributed by atoms with Crippen LogP contribution < -0.4 is 5.73 Å². The number of carbonyl (C=O) groups excluding carboxylic acids is 1. The van der Waals surface area contributed by atoms with Crippen LogP contribution in [0.2, 0.25) is 0 Å². The van der Waals surface area contributed by atoms with E-state index in [4.69, 9.17) is 5.73 Å². The zero-order valence-corrected chi connectivity index (χ0v) is 11.5. The molecular weight excluding hydrogens is 236 g/mol. The monoisotopic (exact) mass is 256 g/mol. The van der Waals surface area contributed by atoms with Crippen LogP contribution in [0, 0.1) is 0 Å². The van der Waals surface area contributed by atoms with Crippen LogP contribution in [0.4, 0.5) is 0 Å². The first-order valence-corrected chi connectivity index (χ1v) is 6.62. The van der Waals surface area contributed by atoms with Crippen molar-refractivity contribution in [2.75, 3.05) is 0 Å². The van der Waals surface area contributed by atoms with E-state index in [9.17, 15) is 4.79 Å². The van der Waals surface area contributed by atoms with E-state index in [0.29, 0.717) is 0 Å². The highest BCUT2D eigenvalue weighted by molar-refractivity contribution is 6.09. The average molecular weight is 256 g/mol. The lowest BCUT2D eigenvalue weighted by atomic mass is 10.0. The summed E-state index contributed by atoms with van der Waals surface area (Å²) in [6.07, 6.45) is 3.62. The fraction of sp³-hybridized carbons (Fsp3) is 0.312. The number of hydrogen-bond acceptors (Lipinski definition) is 2. The van der Waals surface area contributed by atoms with Gasteiger partial charge in [-0.1, -0.05) is 37.3 Å². The first-order chi connectivity index (χ1) is 9.11. The highest BCUT2D eigenvalue weighted by Crippen LogP contribution is 2.14. The van der Waals surface area contributed by atoms with E-state index in [1.54, 1.807) is 0 Å². The van der Waals surface area contributed by atoms with Gasteiger partial charge < -0.3 is 10.3 Å². The van der Waals surface area contributed by atoms with Crippen molar-refractivity contribution >= 4 is 5.78 Å². The van der Waals surface area contributed by atoms with Gasteiger partial charge in [0.15, 0.2) is 5.78 Å². The Morgan fingerprint density at radius 3 is 2.58 bits per heavy atom. The molecule has 3 heteroatoms. The predicted octanol–water partition coefficient (Wildman–Crippen LogP) is 2.54. The van der Waals surface area contributed by atoms with Crippen LogP contribution in [0.5, 0.6) is 0 Å². The van der Waals surface area contributed by atoms with Gasteiger partial charge in [0.1, 0.15) is 0 Å². The van der Waals surface area contributed by atoms with Crippen LogP contribution in [0.15, 0.2) is 42.6 Å². The third-order valence-corrected chi connectivity index (χ3v) is 3.40. The molecule has 0 aliphatic heterocycles. The summed E-state index contributed by atoms with van der Waals surface area (Å²) >= 11 is 0. The van der Waals surface area contributed by atoms with Crippen LogP contribution in [-0.4, -0.2) is 16.4 Å². The fourth-order valence-corrected chi connectivity index (χ4v) is 2.11. The van der Waals surface area contributed by atoms with Gasteiger partial charge in [-0.05, 0) is 12.5 Å². The number of hydrogen-bond donors (Lipinski definition) is 1. The van der Waals surface area contributed by atoms with Crippen molar-refractivity contribution in [1.82, 2.24) is 4.57 Å². The van der Waals surface area contributed by atoms with Gasteiger partial charge in [0, 0.05) is 42.5 Å². The van der Waals surface area contributed by atoms with E-state index < -0.39 is 0 Å². The highest BCUT2D eigenvalue weighted by Gasteiger charge is 2.13. The number of aromatic nitrogens is 1. The Balaban J connectivity index is 2.23. The molecule has 2 aromatic rings. The van der Waals surface area contributed by atoms with E-state index in [0.717, 1.165) is 29.7 Å². The molecule has 0 spiro atoms. The van der Waals surface area contributed by atoms with E-state index >= 15 is 0 Å². The molecule has 0 bridgehead atoms. The van der Waals surface area contributed by atoms with Crippen LogP contribution >= 0.6 is 0 Å². The number of carbonyl (C=O) groups is 1. The first-order valence-electron chi connectivity index (χ1n) is 6.62. The van der Waals surface area contributed by atoms with Gasteiger partial charge in [-0.2, -0.15) is 0 Å². The van der Waals surface area contributed by atoms with Crippen LogP contribution in [0.1, 0.15) is 35.0 Å². The van der Waals surface area contributed by atoms with Gasteiger partial charge in [-0.3, -0.25) is 4.79 Å². The van der Waals surface area contributed by atoms with Crippen LogP contribution in [0.25, 0.3) is 0 Å². The Kier molecular flexibility index (Phi) is 4.17. The fourth-order valence-electron chi connectivity index (χ4n) is 2.11. The van der Waals surface area contributed by atoms with Crippen molar-refractivity contribution in [3.63, 3.8) is 0 Å². The Labute approximate surface area is 114 Å². The summed E-state index contributed by atoms with van der Waals surface area (Å²) in [6.45, 7) is 2.07. The molecule has 2 rings (SSSR count). The molecule has 0 aliphatic rings. The molecule has 1 aromatic heterocycles. The Morgan fingerprint density at radius 2 is 1.95 bits per heavy atom. The molecule has 100 valence electrons. The first kappa shape index (κ1) is 13.6. The zero-order chi connectivity index (χ0) is 13.8. The molecule has 0 aliphatic carbocycles. The maximum absolute atomic E-state index is 12.3. The second kappa shape index (κ2) is 5.85. The minimum absolute atomic E-state index is 0.0625. The normalized spacial score (nSPS) is 12.4. The van der Waals surface area contributed by atoms with Crippen molar-refractivity contribution in [3.05, 3.63) is 59.4 Å². The second-order valence-electron chi connectivity index (χ2n) is 4.90. The van der Waals surface area contributed by atoms with Gasteiger partial charge in [0.2, 0.25) is 0 Å². The maximum atomic E-state index is 12.3. The lowest BCUT2D eigenvalue weighted by Gasteiger charge is -2.08. The van der Waals surface area contributed by atoms with Gasteiger partial charge in [0.05, 0.1) is 0 Å². The summed E-state index contributed by atoms with van der Waals surface area (Å²) < 4.78 is 1.99. The number of aryl methyl sites for hydroxylation is 1. The predicted molar refractivity (Wildman–Crippen MR) is 77.3 cm³/mol. The molecule has 0 amide bonds. The number of nitrogens with zero attached hydrogens (tertiary/aromatic N) is 1. The summed E-state index contributed by atoms with van der Waals surface area (Å²) in [5, 5.41) is 0. The molecular formula is C16H20N2O. The SMILES string of the molecule is CCC(N)Cc1cc(C(=O)c2ccccc2)cn1C. The molecule has 1 atom stereocenters. The van der Waals surface area contributed by atoms with Crippen molar-refractivity contribution in [2.45, 2.75) is 25.8 Å². The van der Waals surface area contributed by atoms with Crippen molar-refractivity contribution in [3.8, 4) is 0 Å². The highest BCUT2D eigenvalue weighted by atomic mass is 16.1. The summed E-state index contributed by atoms with van der Waals surface area (Å²) in [4.78, 5) is 12.3. The van der Waals surface area contributed by atoms with Crippen molar-refractivity contribution in [1.29, 1.82) is 0 Å². The topological polar surface area (TPSA) is 48.0 Å². The molecule has 0 fully saturated rings. The number of rotatable bonds is 5. The van der Waals surface area contributed by atoms with E-state index in [-0.39, 0.29) is 11.8 Å². The van der Waals surface area contributed by atoms with Gasteiger partial charge in [-0.15, -0.1) is 0 Å². The Hall–Kier alpha value is -1.87. The largest absolute Gasteiger partial charge is 0.354 e. The molecule has 19 heavy (non-hydrogen) atoms. The molecule has 3 nitrogen and oxygen atoms in total. The Morgan fingerprint density at radius 1 is 1.26 bits per heavy atom. The molecule has 0 radical (unpaired) electrons. The molecule has 2 N–H and O–H groups in total. The minimum atomic E-state index is 0.0625. The zero-order valence-electron chi connectivity index (χ0n) is 11.5. The second-order valence-corrected chi connectivity index (χ2v) is 4.90. The van der Waals surface area contributed by atoms with E-state index in [1.807, 2.05) is 54.2 Å². The lowest BCUT2D eigenvalue weighted by Crippen LogP contribution is -2.22. The van der Waals surface area contributed by atoms with Gasteiger partial charge in [-0.25, -0.2) is 0 Å². The van der Waals surface area contributed by atoms with E-state index in [1.165, 1.54) is 0 Å². The van der Waals surface area contributed by atoms with Crippen molar-refractivity contribution in [2.24, 2.45) is 12.8 Å². The molecule has 1 unspecified atom stereocenters. The summed E-state index contributed by atoms with van der Waals surface area (Å²) in [5.41, 5.74) is 8.53. The molecule has 0 saturated heterocycles. The number of ketones is 1. The third kappa shape index (κ3) is 3.12. The van der Waals surface area contributed by atoms with Gasteiger partial charge >= 0.3 is 0 Å². The number of benzene rings is 1. The van der Waals surface area contributed by atoms with Crippen LogP contribution in [-0.2, 0) is 13.5 Å². The maximum Gasteiger partial charge on any atom is 0.194 e. The third-order valence-electron chi connectivity index (χ3n) is 3.40. The molecule has 1 heterocycles. The summed E-state index contributed by atoms with van der Waals surface area (Å²) in [7, 11) is 1.96. The number of nitrogens with two attached hydrogens (primary N) is 1.